The first-order valence-electron chi connectivity index (χ1n) is 8.70. The Morgan fingerprint density at radius 2 is 1.76 bits per heavy atom. The summed E-state index contributed by atoms with van der Waals surface area (Å²) in [4.78, 5) is 12.1. The summed E-state index contributed by atoms with van der Waals surface area (Å²) in [5, 5.41) is 6.40. The average molecular weight is 340 g/mol. The summed E-state index contributed by atoms with van der Waals surface area (Å²) in [6.45, 7) is 8.95. The molecule has 2 rings (SSSR count). The maximum Gasteiger partial charge on any atom is 0.251 e. The van der Waals surface area contributed by atoms with Crippen molar-refractivity contribution in [2.75, 3.05) is 19.0 Å². The van der Waals surface area contributed by atoms with Gasteiger partial charge in [0.25, 0.3) is 5.91 Å². The molecule has 0 fully saturated rings. The molecule has 0 aliphatic rings. The van der Waals surface area contributed by atoms with Crippen molar-refractivity contribution >= 4 is 11.6 Å². The lowest BCUT2D eigenvalue weighted by molar-refractivity contribution is 0.0943. The molecule has 4 nitrogen and oxygen atoms in total. The van der Waals surface area contributed by atoms with E-state index in [-0.39, 0.29) is 11.9 Å². The van der Waals surface area contributed by atoms with Crippen molar-refractivity contribution in [2.24, 2.45) is 0 Å². The van der Waals surface area contributed by atoms with Gasteiger partial charge in [-0.25, -0.2) is 0 Å². The van der Waals surface area contributed by atoms with Crippen LogP contribution in [0.15, 0.2) is 42.5 Å². The summed E-state index contributed by atoms with van der Waals surface area (Å²) in [7, 11) is 1.67. The molecule has 25 heavy (non-hydrogen) atoms. The monoisotopic (exact) mass is 340 g/mol. The quantitative estimate of drug-likeness (QED) is 0.787. The van der Waals surface area contributed by atoms with E-state index in [1.54, 1.807) is 7.11 Å². The molecule has 0 aromatic heterocycles. The average Bonchev–Trinajstić information content (AvgIpc) is 2.59. The molecule has 0 radical (unpaired) electrons. The number of ether oxygens (including phenoxy) is 1. The van der Waals surface area contributed by atoms with Gasteiger partial charge >= 0.3 is 0 Å². The first kappa shape index (κ1) is 18.8. The van der Waals surface area contributed by atoms with Crippen LogP contribution in [0, 0.1) is 6.92 Å². The SMILES string of the molecule is COc1ccc([C@@H](C)CNc2ccc(C(=O)NC(C)C)cc2C)cc1. The number of anilines is 1. The van der Waals surface area contributed by atoms with Crippen molar-refractivity contribution in [3.63, 3.8) is 0 Å². The number of hydrogen-bond acceptors (Lipinski definition) is 3. The van der Waals surface area contributed by atoms with Gasteiger partial charge in [-0.1, -0.05) is 19.1 Å². The lowest BCUT2D eigenvalue weighted by atomic mass is 10.0. The fraction of sp³-hybridized carbons (Fsp3) is 0.381. The molecule has 0 heterocycles. The number of hydrogen-bond donors (Lipinski definition) is 2. The minimum absolute atomic E-state index is 0.0312. The maximum atomic E-state index is 12.1. The van der Waals surface area contributed by atoms with E-state index in [2.05, 4.69) is 29.7 Å². The Kier molecular flexibility index (Phi) is 6.45. The maximum absolute atomic E-state index is 12.1. The fourth-order valence-electron chi connectivity index (χ4n) is 2.66. The summed E-state index contributed by atoms with van der Waals surface area (Å²) < 4.78 is 5.20. The molecule has 0 spiro atoms. The largest absolute Gasteiger partial charge is 0.497 e. The smallest absolute Gasteiger partial charge is 0.251 e. The Hall–Kier alpha value is -2.49. The predicted octanol–water partition coefficient (Wildman–Crippen LogP) is 4.36. The third-order valence-electron chi connectivity index (χ3n) is 4.19. The summed E-state index contributed by atoms with van der Waals surface area (Å²) in [5.41, 5.74) is 4.08. The molecule has 1 amide bonds. The Balaban J connectivity index is 1.99. The molecule has 0 bridgehead atoms. The zero-order valence-electron chi connectivity index (χ0n) is 15.7. The van der Waals surface area contributed by atoms with Gasteiger partial charge in [-0.05, 0) is 68.1 Å². The zero-order valence-corrected chi connectivity index (χ0v) is 15.7. The van der Waals surface area contributed by atoms with E-state index in [1.165, 1.54) is 5.56 Å². The van der Waals surface area contributed by atoms with Gasteiger partial charge in [0.15, 0.2) is 0 Å². The molecule has 0 saturated carbocycles. The first-order chi connectivity index (χ1) is 11.9. The van der Waals surface area contributed by atoms with E-state index in [1.807, 2.05) is 51.1 Å². The number of nitrogens with one attached hydrogen (secondary N) is 2. The van der Waals surface area contributed by atoms with Crippen LogP contribution in [0.3, 0.4) is 0 Å². The van der Waals surface area contributed by atoms with Gasteiger partial charge in [0.05, 0.1) is 7.11 Å². The number of benzene rings is 2. The molecule has 0 unspecified atom stereocenters. The Labute approximate surface area is 150 Å². The number of carbonyl (C=O) groups is 1. The summed E-state index contributed by atoms with van der Waals surface area (Å²) in [6, 6.07) is 14.1. The third kappa shape index (κ3) is 5.24. The molecular formula is C21H28N2O2. The molecule has 2 N–H and O–H groups in total. The normalized spacial score (nSPS) is 11.9. The summed E-state index contributed by atoms with van der Waals surface area (Å²) in [6.07, 6.45) is 0. The number of carbonyl (C=O) groups excluding carboxylic acids is 1. The van der Waals surface area contributed by atoms with Gasteiger partial charge < -0.3 is 15.4 Å². The van der Waals surface area contributed by atoms with Crippen LogP contribution < -0.4 is 15.4 Å². The van der Waals surface area contributed by atoms with Gasteiger partial charge in [-0.15, -0.1) is 0 Å². The second kappa shape index (κ2) is 8.56. The Morgan fingerprint density at radius 3 is 2.32 bits per heavy atom. The number of aryl methyl sites for hydroxylation is 1. The van der Waals surface area contributed by atoms with Crippen molar-refractivity contribution in [3.05, 3.63) is 59.2 Å². The Morgan fingerprint density at radius 1 is 1.08 bits per heavy atom. The molecule has 0 aliphatic heterocycles. The molecular weight excluding hydrogens is 312 g/mol. The molecule has 0 aliphatic carbocycles. The highest BCUT2D eigenvalue weighted by Gasteiger charge is 2.10. The fourth-order valence-corrected chi connectivity index (χ4v) is 2.66. The molecule has 2 aromatic rings. The molecule has 134 valence electrons. The van der Waals surface area contributed by atoms with E-state index in [9.17, 15) is 4.79 Å². The van der Waals surface area contributed by atoms with Crippen molar-refractivity contribution in [3.8, 4) is 5.75 Å². The highest BCUT2D eigenvalue weighted by atomic mass is 16.5. The van der Waals surface area contributed by atoms with E-state index in [0.29, 0.717) is 11.5 Å². The topological polar surface area (TPSA) is 50.4 Å². The summed E-state index contributed by atoms with van der Waals surface area (Å²) >= 11 is 0. The minimum atomic E-state index is -0.0312. The minimum Gasteiger partial charge on any atom is -0.497 e. The van der Waals surface area contributed by atoms with Crippen molar-refractivity contribution in [2.45, 2.75) is 39.7 Å². The van der Waals surface area contributed by atoms with Crippen LogP contribution in [0.4, 0.5) is 5.69 Å². The van der Waals surface area contributed by atoms with Gasteiger partial charge in [0, 0.05) is 23.8 Å². The van der Waals surface area contributed by atoms with Crippen LogP contribution in [-0.4, -0.2) is 25.6 Å². The number of methoxy groups -OCH3 is 1. The lowest BCUT2D eigenvalue weighted by Crippen LogP contribution is -2.30. The van der Waals surface area contributed by atoms with Crippen LogP contribution in [0.1, 0.15) is 48.2 Å². The molecule has 0 saturated heterocycles. The van der Waals surface area contributed by atoms with Crippen LogP contribution >= 0.6 is 0 Å². The standard InChI is InChI=1S/C21H28N2O2/c1-14(2)23-21(24)18-8-11-20(15(3)12-18)22-13-16(4)17-6-9-19(25-5)10-7-17/h6-12,14,16,22H,13H2,1-5H3,(H,23,24)/t16-/m0/s1. The second-order valence-corrected chi connectivity index (χ2v) is 6.71. The highest BCUT2D eigenvalue weighted by molar-refractivity contribution is 5.95. The number of amides is 1. The molecule has 4 heteroatoms. The number of rotatable bonds is 7. The van der Waals surface area contributed by atoms with Crippen LogP contribution in [0.25, 0.3) is 0 Å². The van der Waals surface area contributed by atoms with Crippen LogP contribution in [0.5, 0.6) is 5.75 Å². The van der Waals surface area contributed by atoms with Gasteiger partial charge in [-0.3, -0.25) is 4.79 Å². The van der Waals surface area contributed by atoms with Crippen LogP contribution in [-0.2, 0) is 0 Å². The first-order valence-corrected chi connectivity index (χ1v) is 8.70. The van der Waals surface area contributed by atoms with Gasteiger partial charge in [-0.2, -0.15) is 0 Å². The van der Waals surface area contributed by atoms with Crippen molar-refractivity contribution in [1.82, 2.24) is 5.32 Å². The van der Waals surface area contributed by atoms with E-state index < -0.39 is 0 Å². The van der Waals surface area contributed by atoms with E-state index >= 15 is 0 Å². The van der Waals surface area contributed by atoms with Crippen molar-refractivity contribution in [1.29, 1.82) is 0 Å². The zero-order chi connectivity index (χ0) is 18.4. The van der Waals surface area contributed by atoms with E-state index in [0.717, 1.165) is 23.5 Å². The lowest BCUT2D eigenvalue weighted by Gasteiger charge is -2.17. The molecule has 1 atom stereocenters. The Bertz CT molecular complexity index is 708. The van der Waals surface area contributed by atoms with E-state index in [4.69, 9.17) is 4.74 Å². The predicted molar refractivity (Wildman–Crippen MR) is 104 cm³/mol. The van der Waals surface area contributed by atoms with Crippen molar-refractivity contribution < 1.29 is 9.53 Å². The van der Waals surface area contributed by atoms with Crippen LogP contribution in [0.2, 0.25) is 0 Å². The highest BCUT2D eigenvalue weighted by Crippen LogP contribution is 2.22. The summed E-state index contributed by atoms with van der Waals surface area (Å²) in [5.74, 6) is 1.21. The third-order valence-corrected chi connectivity index (χ3v) is 4.19. The van der Waals surface area contributed by atoms with Gasteiger partial charge in [0.1, 0.15) is 5.75 Å². The molecule has 2 aromatic carbocycles. The second-order valence-electron chi connectivity index (χ2n) is 6.71. The van der Waals surface area contributed by atoms with Gasteiger partial charge in [0.2, 0.25) is 0 Å².